The van der Waals surface area contributed by atoms with Gasteiger partial charge in [0.05, 0.1) is 54.9 Å². The van der Waals surface area contributed by atoms with Gasteiger partial charge in [-0.2, -0.15) is 0 Å². The molecule has 0 aliphatic heterocycles. The van der Waals surface area contributed by atoms with Gasteiger partial charge in [0, 0.05) is 0 Å². The second-order valence-electron chi connectivity index (χ2n) is 15.0. The lowest BCUT2D eigenvalue weighted by Gasteiger charge is -2.41. The predicted octanol–water partition coefficient (Wildman–Crippen LogP) is 7.39. The average molecular weight is 573 g/mol. The number of nitrogens with zero attached hydrogens (tertiary/aromatic N) is 3. The number of aliphatic hydroxyl groups excluding tert-OH is 2. The lowest BCUT2D eigenvalue weighted by molar-refractivity contribution is -0.935. The Labute approximate surface area is 253 Å². The van der Waals surface area contributed by atoms with Crippen molar-refractivity contribution in [2.24, 2.45) is 0 Å². The van der Waals surface area contributed by atoms with Crippen molar-refractivity contribution in [3.8, 4) is 0 Å². The largest absolute Gasteiger partial charge is 0.382 e. The molecule has 0 saturated carbocycles. The number of likely N-dealkylation sites (N-methyl/N-ethyl adjacent to an activating group) is 3. The van der Waals surface area contributed by atoms with Gasteiger partial charge in [0.25, 0.3) is 0 Å². The van der Waals surface area contributed by atoms with E-state index in [4.69, 9.17) is 0 Å². The highest BCUT2D eigenvalue weighted by Crippen LogP contribution is 2.17. The number of rotatable bonds is 29. The van der Waals surface area contributed by atoms with Crippen LogP contribution in [0.3, 0.4) is 0 Å². The Hall–Kier alpha value is -0.200. The first-order chi connectivity index (χ1) is 18.9. The summed E-state index contributed by atoms with van der Waals surface area (Å²) < 4.78 is 2.55. The molecule has 5 heteroatoms. The third-order valence-corrected chi connectivity index (χ3v) is 9.00. The van der Waals surface area contributed by atoms with E-state index in [-0.39, 0.29) is 12.2 Å². The molecule has 0 saturated heterocycles. The van der Waals surface area contributed by atoms with Crippen molar-refractivity contribution < 1.29 is 23.7 Å². The molecular formula is C35H78N3O2+3. The third-order valence-electron chi connectivity index (χ3n) is 9.00. The summed E-state index contributed by atoms with van der Waals surface area (Å²) in [7, 11) is 11.4. The van der Waals surface area contributed by atoms with Crippen LogP contribution >= 0.6 is 0 Å². The molecule has 0 bridgehead atoms. The summed E-state index contributed by atoms with van der Waals surface area (Å²) in [5.74, 6) is 0. The van der Waals surface area contributed by atoms with Crippen LogP contribution in [0.5, 0.6) is 0 Å². The standard InChI is InChI=1S/C35H78N3O2/c1-9-12-15-18-21-24-27-36(4,5)30-34(39)32-38(8,29-26-23-20-17-14-11-3)33-35(40)31-37(6,7)28-25-22-19-16-13-10-2/h34-35,39-40H,9-33H2,1-8H3/q+3. The molecule has 0 heterocycles. The van der Waals surface area contributed by atoms with Gasteiger partial charge in [-0.1, -0.05) is 97.8 Å². The minimum Gasteiger partial charge on any atom is -0.382 e. The summed E-state index contributed by atoms with van der Waals surface area (Å²) in [5.41, 5.74) is 0. The van der Waals surface area contributed by atoms with Crippen LogP contribution in [0.4, 0.5) is 0 Å². The fourth-order valence-corrected chi connectivity index (χ4v) is 6.63. The van der Waals surface area contributed by atoms with E-state index in [1.54, 1.807) is 0 Å². The van der Waals surface area contributed by atoms with Crippen LogP contribution in [0.1, 0.15) is 136 Å². The summed E-state index contributed by atoms with van der Waals surface area (Å²) in [4.78, 5) is 0. The SMILES string of the molecule is CCCCCCCC[N+](C)(C)CC(O)C[N+](C)(CCCCCCCC)CC(O)C[N+](C)(C)CCCCCCCC. The van der Waals surface area contributed by atoms with Gasteiger partial charge in [0.2, 0.25) is 0 Å². The number of aliphatic hydroxyl groups is 2. The quantitative estimate of drug-likeness (QED) is 0.0725. The van der Waals surface area contributed by atoms with Gasteiger partial charge in [-0.25, -0.2) is 0 Å². The van der Waals surface area contributed by atoms with Crippen molar-refractivity contribution in [2.45, 2.75) is 149 Å². The van der Waals surface area contributed by atoms with Gasteiger partial charge in [0.15, 0.2) is 12.2 Å². The van der Waals surface area contributed by atoms with E-state index in [0.29, 0.717) is 0 Å². The van der Waals surface area contributed by atoms with E-state index in [0.717, 1.165) is 59.3 Å². The van der Waals surface area contributed by atoms with Gasteiger partial charge < -0.3 is 23.7 Å². The molecule has 0 aromatic rings. The maximum absolute atomic E-state index is 11.3. The Bertz CT molecular complexity index is 529. The first kappa shape index (κ1) is 39.8. The van der Waals surface area contributed by atoms with Crippen LogP contribution in [0.2, 0.25) is 0 Å². The molecular weight excluding hydrogens is 494 g/mol. The molecule has 0 aliphatic carbocycles. The van der Waals surface area contributed by atoms with Crippen molar-refractivity contribution in [3.05, 3.63) is 0 Å². The van der Waals surface area contributed by atoms with Crippen LogP contribution in [-0.2, 0) is 0 Å². The van der Waals surface area contributed by atoms with Crippen LogP contribution in [0.25, 0.3) is 0 Å². The third kappa shape index (κ3) is 23.4. The number of quaternary nitrogens is 3. The molecule has 40 heavy (non-hydrogen) atoms. The van der Waals surface area contributed by atoms with Gasteiger partial charge in [0.1, 0.15) is 26.2 Å². The molecule has 2 N–H and O–H groups in total. The number of hydrogen-bond donors (Lipinski definition) is 2. The maximum atomic E-state index is 11.3. The Morgan fingerprint density at radius 1 is 0.375 bits per heavy atom. The van der Waals surface area contributed by atoms with Crippen molar-refractivity contribution in [3.63, 3.8) is 0 Å². The normalized spacial score (nSPS) is 15.8. The first-order valence-electron chi connectivity index (χ1n) is 17.7. The maximum Gasteiger partial charge on any atom is 0.152 e. The Morgan fingerprint density at radius 2 is 0.650 bits per heavy atom. The zero-order valence-electron chi connectivity index (χ0n) is 29.1. The van der Waals surface area contributed by atoms with E-state index in [2.05, 4.69) is 56.0 Å². The molecule has 2 atom stereocenters. The summed E-state index contributed by atoms with van der Waals surface area (Å²) >= 11 is 0. The molecule has 0 fully saturated rings. The highest BCUT2D eigenvalue weighted by molar-refractivity contribution is 4.61. The van der Waals surface area contributed by atoms with Crippen LogP contribution in [0.15, 0.2) is 0 Å². The fraction of sp³-hybridized carbons (Fsp3) is 1.00. The minimum absolute atomic E-state index is 0.335. The van der Waals surface area contributed by atoms with Gasteiger partial charge in [-0.3, -0.25) is 0 Å². The average Bonchev–Trinajstić information content (AvgIpc) is 2.84. The summed E-state index contributed by atoms with van der Waals surface area (Å²) in [6, 6.07) is 0. The van der Waals surface area contributed by atoms with Crippen LogP contribution < -0.4 is 0 Å². The van der Waals surface area contributed by atoms with Crippen LogP contribution in [-0.4, -0.2) is 117 Å². The zero-order valence-corrected chi connectivity index (χ0v) is 29.1. The van der Waals surface area contributed by atoms with Crippen molar-refractivity contribution in [1.82, 2.24) is 0 Å². The molecule has 0 rings (SSSR count). The Balaban J connectivity index is 4.93. The molecule has 0 amide bonds. The fourth-order valence-electron chi connectivity index (χ4n) is 6.63. The Morgan fingerprint density at radius 3 is 0.975 bits per heavy atom. The predicted molar refractivity (Wildman–Crippen MR) is 177 cm³/mol. The van der Waals surface area contributed by atoms with Gasteiger partial charge in [-0.05, 0) is 38.5 Å². The highest BCUT2D eigenvalue weighted by atomic mass is 16.3. The van der Waals surface area contributed by atoms with E-state index in [9.17, 15) is 10.2 Å². The van der Waals surface area contributed by atoms with Crippen LogP contribution in [0, 0.1) is 0 Å². The van der Waals surface area contributed by atoms with E-state index >= 15 is 0 Å². The second-order valence-corrected chi connectivity index (χ2v) is 15.0. The molecule has 0 aliphatic rings. The first-order valence-corrected chi connectivity index (χ1v) is 17.7. The molecule has 5 nitrogen and oxygen atoms in total. The lowest BCUT2D eigenvalue weighted by Crippen LogP contribution is -2.59. The Kier molecular flexibility index (Phi) is 23.2. The second kappa shape index (κ2) is 23.3. The monoisotopic (exact) mass is 573 g/mol. The van der Waals surface area contributed by atoms with Gasteiger partial charge >= 0.3 is 0 Å². The topological polar surface area (TPSA) is 40.5 Å². The molecule has 0 aromatic heterocycles. The smallest absolute Gasteiger partial charge is 0.152 e. The number of hydrogen-bond acceptors (Lipinski definition) is 2. The van der Waals surface area contributed by atoms with Gasteiger partial charge in [-0.15, -0.1) is 0 Å². The van der Waals surface area contributed by atoms with Crippen molar-refractivity contribution in [1.29, 1.82) is 0 Å². The van der Waals surface area contributed by atoms with E-state index in [1.807, 2.05) is 0 Å². The molecule has 242 valence electrons. The van der Waals surface area contributed by atoms with Crippen molar-refractivity contribution >= 4 is 0 Å². The van der Waals surface area contributed by atoms with E-state index in [1.165, 1.54) is 116 Å². The molecule has 0 radical (unpaired) electrons. The summed E-state index contributed by atoms with van der Waals surface area (Å²) in [6.45, 7) is 13.2. The summed E-state index contributed by atoms with van der Waals surface area (Å²) in [6.07, 6.45) is 22.9. The summed E-state index contributed by atoms with van der Waals surface area (Å²) in [5, 5.41) is 22.6. The molecule has 0 aromatic carbocycles. The highest BCUT2D eigenvalue weighted by Gasteiger charge is 2.33. The van der Waals surface area contributed by atoms with E-state index < -0.39 is 0 Å². The van der Waals surface area contributed by atoms with Crippen molar-refractivity contribution in [2.75, 3.05) is 81.1 Å². The number of unbranched alkanes of at least 4 members (excludes halogenated alkanes) is 15. The molecule has 0 spiro atoms. The molecule has 2 unspecified atom stereocenters. The lowest BCUT2D eigenvalue weighted by atomic mass is 10.1. The minimum atomic E-state index is -0.335. The zero-order chi connectivity index (χ0) is 30.3.